The Kier molecular flexibility index (Phi) is 3.98. The van der Waals surface area contributed by atoms with Crippen molar-refractivity contribution >= 4 is 28.2 Å². The molecule has 0 spiro atoms. The van der Waals surface area contributed by atoms with E-state index in [4.69, 9.17) is 0 Å². The minimum absolute atomic E-state index is 0.0142. The summed E-state index contributed by atoms with van der Waals surface area (Å²) in [5, 5.41) is 3.52. The van der Waals surface area contributed by atoms with Gasteiger partial charge in [0.25, 0.3) is 0 Å². The Labute approximate surface area is 147 Å². The second-order valence-electron chi connectivity index (χ2n) is 8.79. The number of ketones is 1. The Hall–Kier alpha value is -1.49. The first-order chi connectivity index (χ1) is 11.0. The van der Waals surface area contributed by atoms with Crippen molar-refractivity contribution in [2.24, 2.45) is 22.7 Å². The molecule has 0 aromatic carbocycles. The third-order valence-corrected chi connectivity index (χ3v) is 6.23. The Bertz CT molecular complexity index is 739. The molecule has 1 aromatic rings. The number of nitrogens with zero attached hydrogens (tertiary/aromatic N) is 1. The molecule has 5 heteroatoms. The summed E-state index contributed by atoms with van der Waals surface area (Å²) in [5.74, 6) is 0.409. The molecule has 0 radical (unpaired) electrons. The van der Waals surface area contributed by atoms with Crippen LogP contribution in [0.1, 0.15) is 63.3 Å². The van der Waals surface area contributed by atoms with E-state index in [-0.39, 0.29) is 34.4 Å². The van der Waals surface area contributed by atoms with Crippen molar-refractivity contribution in [2.45, 2.75) is 54.4 Å². The van der Waals surface area contributed by atoms with Crippen LogP contribution in [-0.2, 0) is 11.2 Å². The second-order valence-corrected chi connectivity index (χ2v) is 9.79. The fourth-order valence-corrected chi connectivity index (χ4v) is 4.73. The summed E-state index contributed by atoms with van der Waals surface area (Å²) in [6.45, 7) is 12.5. The number of carbonyl (C=O) groups is 2. The van der Waals surface area contributed by atoms with E-state index < -0.39 is 0 Å². The number of carbonyl (C=O) groups excluding carboxylic acids is 2. The van der Waals surface area contributed by atoms with Crippen LogP contribution in [-0.4, -0.2) is 16.7 Å². The van der Waals surface area contributed by atoms with Crippen LogP contribution in [0.3, 0.4) is 0 Å². The maximum Gasteiger partial charge on any atom is 0.230 e. The van der Waals surface area contributed by atoms with Crippen LogP contribution in [0.4, 0.5) is 5.13 Å². The minimum Gasteiger partial charge on any atom is -0.302 e. The molecule has 1 N–H and O–H groups in total. The molecule has 3 rings (SSSR count). The largest absolute Gasteiger partial charge is 0.302 e. The van der Waals surface area contributed by atoms with Gasteiger partial charge in [0, 0.05) is 6.42 Å². The number of allylic oxidation sites excluding steroid dienone is 2. The lowest BCUT2D eigenvalue weighted by Gasteiger charge is -2.26. The molecule has 1 heterocycles. The first-order valence-electron chi connectivity index (χ1n) is 8.50. The number of anilines is 1. The smallest absolute Gasteiger partial charge is 0.230 e. The summed E-state index contributed by atoms with van der Waals surface area (Å²) in [5.41, 5.74) is 2.01. The molecule has 1 amide bonds. The molecule has 1 saturated carbocycles. The van der Waals surface area contributed by atoms with Crippen molar-refractivity contribution in [1.29, 1.82) is 0 Å². The van der Waals surface area contributed by atoms with E-state index >= 15 is 0 Å². The number of thiazole rings is 1. The SMILES string of the molecule is CC(C)=C[C@@H]1[C@H](C(=O)Nc2nc3c(s2)C(=O)CC(C)(C)C3)C1(C)C. The summed E-state index contributed by atoms with van der Waals surface area (Å²) in [7, 11) is 0. The average Bonchev–Trinajstić information content (AvgIpc) is 2.75. The maximum absolute atomic E-state index is 12.6. The molecule has 4 nitrogen and oxygen atoms in total. The number of Topliss-reactive ketones (excluding diaryl/α,β-unsaturated/α-hetero) is 1. The van der Waals surface area contributed by atoms with Crippen molar-refractivity contribution < 1.29 is 9.59 Å². The van der Waals surface area contributed by atoms with E-state index in [0.29, 0.717) is 11.6 Å². The number of rotatable bonds is 3. The van der Waals surface area contributed by atoms with Gasteiger partial charge in [0.2, 0.25) is 5.91 Å². The van der Waals surface area contributed by atoms with Crippen molar-refractivity contribution in [1.82, 2.24) is 4.98 Å². The van der Waals surface area contributed by atoms with Crippen LogP contribution >= 0.6 is 11.3 Å². The van der Waals surface area contributed by atoms with Gasteiger partial charge in [-0.2, -0.15) is 0 Å². The summed E-state index contributed by atoms with van der Waals surface area (Å²) >= 11 is 1.32. The molecular formula is C19H26N2O2S. The normalized spacial score (nSPS) is 26.5. The van der Waals surface area contributed by atoms with Crippen molar-refractivity contribution in [2.75, 3.05) is 5.32 Å². The van der Waals surface area contributed by atoms with Gasteiger partial charge in [0.15, 0.2) is 10.9 Å². The van der Waals surface area contributed by atoms with Crippen LogP contribution in [0, 0.1) is 22.7 Å². The van der Waals surface area contributed by atoms with Gasteiger partial charge in [-0.05, 0) is 37.0 Å². The highest BCUT2D eigenvalue weighted by Gasteiger charge is 2.60. The van der Waals surface area contributed by atoms with Gasteiger partial charge in [-0.15, -0.1) is 0 Å². The van der Waals surface area contributed by atoms with Gasteiger partial charge in [-0.1, -0.05) is 50.7 Å². The molecule has 2 atom stereocenters. The third kappa shape index (κ3) is 3.06. The van der Waals surface area contributed by atoms with Crippen LogP contribution in [0.25, 0.3) is 0 Å². The van der Waals surface area contributed by atoms with Gasteiger partial charge < -0.3 is 5.32 Å². The van der Waals surface area contributed by atoms with Gasteiger partial charge in [-0.3, -0.25) is 9.59 Å². The Morgan fingerprint density at radius 3 is 2.54 bits per heavy atom. The fraction of sp³-hybridized carbons (Fsp3) is 0.632. The number of aromatic nitrogens is 1. The van der Waals surface area contributed by atoms with Crippen LogP contribution < -0.4 is 5.32 Å². The zero-order valence-corrected chi connectivity index (χ0v) is 16.1. The van der Waals surface area contributed by atoms with E-state index in [1.807, 2.05) is 0 Å². The molecule has 0 bridgehead atoms. The Balaban J connectivity index is 1.76. The molecule has 0 saturated heterocycles. The topological polar surface area (TPSA) is 59.1 Å². The maximum atomic E-state index is 12.6. The fourth-order valence-electron chi connectivity index (χ4n) is 3.81. The number of fused-ring (bicyclic) bond motifs is 1. The zero-order chi connectivity index (χ0) is 17.9. The van der Waals surface area contributed by atoms with Crippen LogP contribution in [0.15, 0.2) is 11.6 Å². The van der Waals surface area contributed by atoms with E-state index in [0.717, 1.165) is 17.0 Å². The van der Waals surface area contributed by atoms with E-state index in [9.17, 15) is 9.59 Å². The van der Waals surface area contributed by atoms with Crippen LogP contribution in [0.5, 0.6) is 0 Å². The first kappa shape index (κ1) is 17.3. The van der Waals surface area contributed by atoms with Gasteiger partial charge in [0.1, 0.15) is 0 Å². The monoisotopic (exact) mass is 346 g/mol. The van der Waals surface area contributed by atoms with E-state index in [2.05, 4.69) is 57.9 Å². The number of hydrogen-bond acceptors (Lipinski definition) is 4. The molecule has 24 heavy (non-hydrogen) atoms. The summed E-state index contributed by atoms with van der Waals surface area (Å²) in [6.07, 6.45) is 3.52. The molecule has 1 fully saturated rings. The molecule has 1 aromatic heterocycles. The van der Waals surface area contributed by atoms with Crippen molar-refractivity contribution in [3.05, 3.63) is 22.2 Å². The predicted octanol–water partition coefficient (Wildman–Crippen LogP) is 4.48. The third-order valence-electron chi connectivity index (χ3n) is 5.17. The molecule has 0 aliphatic heterocycles. The highest BCUT2D eigenvalue weighted by Crippen LogP contribution is 2.59. The lowest BCUT2D eigenvalue weighted by atomic mass is 9.78. The minimum atomic E-state index is -0.0491. The molecule has 2 aliphatic rings. The van der Waals surface area contributed by atoms with Gasteiger partial charge in [-0.25, -0.2) is 4.98 Å². The van der Waals surface area contributed by atoms with E-state index in [1.54, 1.807) is 0 Å². The quantitative estimate of drug-likeness (QED) is 0.821. The van der Waals surface area contributed by atoms with Crippen molar-refractivity contribution in [3.63, 3.8) is 0 Å². The lowest BCUT2D eigenvalue weighted by Crippen LogP contribution is -2.26. The highest BCUT2D eigenvalue weighted by atomic mass is 32.1. The number of nitrogens with one attached hydrogen (secondary N) is 1. The van der Waals surface area contributed by atoms with Gasteiger partial charge in [0.05, 0.1) is 16.5 Å². The predicted molar refractivity (Wildman–Crippen MR) is 97.4 cm³/mol. The van der Waals surface area contributed by atoms with Crippen LogP contribution in [0.2, 0.25) is 0 Å². The summed E-state index contributed by atoms with van der Waals surface area (Å²) in [6, 6.07) is 0. The first-order valence-corrected chi connectivity index (χ1v) is 9.32. The summed E-state index contributed by atoms with van der Waals surface area (Å²) < 4.78 is 0. The Morgan fingerprint density at radius 2 is 1.92 bits per heavy atom. The molecule has 2 aliphatic carbocycles. The van der Waals surface area contributed by atoms with E-state index in [1.165, 1.54) is 16.9 Å². The average molecular weight is 346 g/mol. The molecular weight excluding hydrogens is 320 g/mol. The zero-order valence-electron chi connectivity index (χ0n) is 15.3. The highest BCUT2D eigenvalue weighted by molar-refractivity contribution is 7.17. The summed E-state index contributed by atoms with van der Waals surface area (Å²) in [4.78, 5) is 30.2. The van der Waals surface area contributed by atoms with Gasteiger partial charge >= 0.3 is 0 Å². The molecule has 130 valence electrons. The lowest BCUT2D eigenvalue weighted by molar-refractivity contribution is -0.118. The Morgan fingerprint density at radius 1 is 1.25 bits per heavy atom. The standard InChI is InChI=1S/C19H26N2O2S/c1-10(2)7-11-14(19(11,5)6)16(23)21-17-20-12-8-18(3,4)9-13(22)15(12)24-17/h7,11,14H,8-9H2,1-6H3,(H,20,21,23)/t11-,14-/m1/s1. The number of hydrogen-bond donors (Lipinski definition) is 1. The molecule has 0 unspecified atom stereocenters. The van der Waals surface area contributed by atoms with Crippen molar-refractivity contribution in [3.8, 4) is 0 Å². The number of amides is 1. The second kappa shape index (κ2) is 5.51.